The quantitative estimate of drug-likeness (QED) is 0.583. The number of aliphatic hydroxyl groups is 1. The van der Waals surface area contributed by atoms with Gasteiger partial charge in [0.2, 0.25) is 0 Å². The summed E-state index contributed by atoms with van der Waals surface area (Å²) in [5, 5.41) is 11.0. The maximum Gasteiger partial charge on any atom is 0.259 e. The SMILES string of the molecule is O=C1NC(=O)c2c(CCCCO)cccc21. The molecule has 1 aromatic carbocycles. The van der Waals surface area contributed by atoms with E-state index in [0.717, 1.165) is 12.0 Å². The van der Waals surface area contributed by atoms with Crippen molar-refractivity contribution in [2.24, 2.45) is 0 Å². The lowest BCUT2D eigenvalue weighted by Gasteiger charge is -2.04. The molecule has 4 nitrogen and oxygen atoms in total. The van der Waals surface area contributed by atoms with E-state index in [9.17, 15) is 9.59 Å². The van der Waals surface area contributed by atoms with Crippen LogP contribution >= 0.6 is 0 Å². The molecule has 0 atom stereocenters. The highest BCUT2D eigenvalue weighted by molar-refractivity contribution is 6.22. The molecule has 16 heavy (non-hydrogen) atoms. The van der Waals surface area contributed by atoms with Crippen LogP contribution in [-0.4, -0.2) is 23.5 Å². The second-order valence-corrected chi connectivity index (χ2v) is 3.80. The second kappa shape index (κ2) is 4.45. The first-order chi connectivity index (χ1) is 7.74. The van der Waals surface area contributed by atoms with Crippen molar-refractivity contribution in [1.82, 2.24) is 5.32 Å². The molecule has 0 fully saturated rings. The minimum atomic E-state index is -0.316. The van der Waals surface area contributed by atoms with Crippen molar-refractivity contribution in [3.8, 4) is 0 Å². The number of benzene rings is 1. The summed E-state index contributed by atoms with van der Waals surface area (Å²) in [7, 11) is 0. The third-order valence-corrected chi connectivity index (χ3v) is 2.70. The molecule has 0 radical (unpaired) electrons. The number of carbonyl (C=O) groups is 2. The average molecular weight is 219 g/mol. The molecule has 0 spiro atoms. The van der Waals surface area contributed by atoms with Gasteiger partial charge in [-0.05, 0) is 30.9 Å². The van der Waals surface area contributed by atoms with Gasteiger partial charge in [-0.15, -0.1) is 0 Å². The number of nitrogens with one attached hydrogen (secondary N) is 1. The lowest BCUT2D eigenvalue weighted by molar-refractivity contribution is 0.0879. The minimum Gasteiger partial charge on any atom is -0.396 e. The van der Waals surface area contributed by atoms with Crippen LogP contribution in [0.5, 0.6) is 0 Å². The van der Waals surface area contributed by atoms with Gasteiger partial charge >= 0.3 is 0 Å². The normalized spacial score (nSPS) is 13.8. The van der Waals surface area contributed by atoms with E-state index < -0.39 is 0 Å². The zero-order chi connectivity index (χ0) is 11.5. The Balaban J connectivity index is 2.27. The maximum atomic E-state index is 11.5. The van der Waals surface area contributed by atoms with Crippen molar-refractivity contribution >= 4 is 11.8 Å². The molecule has 0 saturated carbocycles. The molecule has 84 valence electrons. The van der Waals surface area contributed by atoms with Crippen LogP contribution in [-0.2, 0) is 6.42 Å². The van der Waals surface area contributed by atoms with E-state index in [1.54, 1.807) is 12.1 Å². The second-order valence-electron chi connectivity index (χ2n) is 3.80. The fourth-order valence-corrected chi connectivity index (χ4v) is 1.93. The minimum absolute atomic E-state index is 0.153. The average Bonchev–Trinajstić information content (AvgIpc) is 2.56. The summed E-state index contributed by atoms with van der Waals surface area (Å²) in [6, 6.07) is 5.30. The van der Waals surface area contributed by atoms with Gasteiger partial charge in [0.05, 0.1) is 11.1 Å². The largest absolute Gasteiger partial charge is 0.396 e. The summed E-state index contributed by atoms with van der Waals surface area (Å²) >= 11 is 0. The van der Waals surface area contributed by atoms with Crippen LogP contribution in [0.2, 0.25) is 0 Å². The molecule has 1 aliphatic rings. The third-order valence-electron chi connectivity index (χ3n) is 2.70. The number of unbranched alkanes of at least 4 members (excludes halogenated alkanes) is 1. The van der Waals surface area contributed by atoms with E-state index >= 15 is 0 Å². The smallest absolute Gasteiger partial charge is 0.259 e. The van der Waals surface area contributed by atoms with Gasteiger partial charge in [-0.3, -0.25) is 14.9 Å². The Hall–Kier alpha value is -1.68. The van der Waals surface area contributed by atoms with Gasteiger partial charge in [0.15, 0.2) is 0 Å². The molecule has 0 saturated heterocycles. The van der Waals surface area contributed by atoms with Crippen LogP contribution < -0.4 is 5.32 Å². The number of amides is 2. The first kappa shape index (κ1) is 10.8. The lowest BCUT2D eigenvalue weighted by atomic mass is 9.98. The van der Waals surface area contributed by atoms with E-state index in [-0.39, 0.29) is 18.4 Å². The van der Waals surface area contributed by atoms with Crippen molar-refractivity contribution in [1.29, 1.82) is 0 Å². The Morgan fingerprint density at radius 3 is 2.69 bits per heavy atom. The Morgan fingerprint density at radius 1 is 1.12 bits per heavy atom. The predicted molar refractivity (Wildman–Crippen MR) is 58.3 cm³/mol. The molecule has 1 aliphatic heterocycles. The molecule has 2 amide bonds. The number of aryl methyl sites for hydroxylation is 1. The van der Waals surface area contributed by atoms with Crippen molar-refractivity contribution in [3.63, 3.8) is 0 Å². The summed E-state index contributed by atoms with van der Waals surface area (Å²) < 4.78 is 0. The van der Waals surface area contributed by atoms with E-state index in [1.807, 2.05) is 6.07 Å². The van der Waals surface area contributed by atoms with E-state index in [4.69, 9.17) is 5.11 Å². The van der Waals surface area contributed by atoms with Crippen LogP contribution in [0.25, 0.3) is 0 Å². The third kappa shape index (κ3) is 1.84. The van der Waals surface area contributed by atoms with E-state index in [1.165, 1.54) is 0 Å². The molecule has 4 heteroatoms. The molecular weight excluding hydrogens is 206 g/mol. The fourth-order valence-electron chi connectivity index (χ4n) is 1.93. The van der Waals surface area contributed by atoms with Gasteiger partial charge in [-0.25, -0.2) is 0 Å². The molecule has 2 N–H and O–H groups in total. The van der Waals surface area contributed by atoms with Gasteiger partial charge in [-0.2, -0.15) is 0 Å². The van der Waals surface area contributed by atoms with E-state index in [0.29, 0.717) is 24.0 Å². The molecule has 1 heterocycles. The van der Waals surface area contributed by atoms with Gasteiger partial charge in [0, 0.05) is 6.61 Å². The monoisotopic (exact) mass is 219 g/mol. The highest BCUT2D eigenvalue weighted by Crippen LogP contribution is 2.21. The molecule has 0 unspecified atom stereocenters. The van der Waals surface area contributed by atoms with Crippen molar-refractivity contribution < 1.29 is 14.7 Å². The molecule has 2 rings (SSSR count). The first-order valence-electron chi connectivity index (χ1n) is 5.32. The van der Waals surface area contributed by atoms with Gasteiger partial charge < -0.3 is 5.11 Å². The first-order valence-corrected chi connectivity index (χ1v) is 5.32. The standard InChI is InChI=1S/C12H13NO3/c14-7-2-1-4-8-5-3-6-9-10(8)12(16)13-11(9)15/h3,5-6,14H,1-2,4,7H2,(H,13,15,16). The van der Waals surface area contributed by atoms with Gasteiger partial charge in [-0.1, -0.05) is 12.1 Å². The number of imide groups is 1. The van der Waals surface area contributed by atoms with Crippen LogP contribution in [0, 0.1) is 0 Å². The maximum absolute atomic E-state index is 11.5. The zero-order valence-electron chi connectivity index (χ0n) is 8.82. The van der Waals surface area contributed by atoms with Crippen LogP contribution in [0.1, 0.15) is 39.1 Å². The number of hydrogen-bond donors (Lipinski definition) is 2. The molecule has 0 aromatic heterocycles. The van der Waals surface area contributed by atoms with Crippen molar-refractivity contribution in [3.05, 3.63) is 34.9 Å². The summed E-state index contributed by atoms with van der Waals surface area (Å²) in [5.74, 6) is -0.622. The topological polar surface area (TPSA) is 66.4 Å². The Morgan fingerprint density at radius 2 is 1.94 bits per heavy atom. The van der Waals surface area contributed by atoms with Crippen LogP contribution in [0.15, 0.2) is 18.2 Å². The molecule has 0 aliphatic carbocycles. The Bertz CT molecular complexity index is 440. The number of fused-ring (bicyclic) bond motifs is 1. The highest BCUT2D eigenvalue weighted by Gasteiger charge is 2.28. The number of hydrogen-bond acceptors (Lipinski definition) is 3. The summed E-state index contributed by atoms with van der Waals surface area (Å²) in [4.78, 5) is 22.9. The molecule has 1 aromatic rings. The van der Waals surface area contributed by atoms with E-state index in [2.05, 4.69) is 5.32 Å². The van der Waals surface area contributed by atoms with Crippen LogP contribution in [0.4, 0.5) is 0 Å². The summed E-state index contributed by atoms with van der Waals surface area (Å²) in [6.45, 7) is 0.153. The Kier molecular flexibility index (Phi) is 3.01. The summed E-state index contributed by atoms with van der Waals surface area (Å²) in [5.41, 5.74) is 1.85. The zero-order valence-corrected chi connectivity index (χ0v) is 8.82. The van der Waals surface area contributed by atoms with Gasteiger partial charge in [0.25, 0.3) is 11.8 Å². The fraction of sp³-hybridized carbons (Fsp3) is 0.333. The predicted octanol–water partition coefficient (Wildman–Crippen LogP) is 0.885. The van der Waals surface area contributed by atoms with Crippen molar-refractivity contribution in [2.45, 2.75) is 19.3 Å². The molecular formula is C12H13NO3. The Labute approximate surface area is 93.3 Å². The van der Waals surface area contributed by atoms with Gasteiger partial charge in [0.1, 0.15) is 0 Å². The summed E-state index contributed by atoms with van der Waals surface area (Å²) in [6.07, 6.45) is 2.23. The van der Waals surface area contributed by atoms with Crippen molar-refractivity contribution in [2.75, 3.05) is 6.61 Å². The highest BCUT2D eigenvalue weighted by atomic mass is 16.3. The number of rotatable bonds is 4. The lowest BCUT2D eigenvalue weighted by Crippen LogP contribution is -2.20. The van der Waals surface area contributed by atoms with Crippen LogP contribution in [0.3, 0.4) is 0 Å². The number of carbonyl (C=O) groups excluding carboxylic acids is 2. The molecule has 0 bridgehead atoms. The number of aliphatic hydroxyl groups excluding tert-OH is 1.